The molecular weight excluding hydrogens is 162 g/mol. The average molecular weight is 171 g/mol. The zero-order valence-corrected chi connectivity index (χ0v) is 6.67. The normalized spacial score (nSPS) is 15.4. The van der Waals surface area contributed by atoms with Crippen molar-refractivity contribution in [2.75, 3.05) is 4.72 Å². The molecule has 1 aromatic rings. The Kier molecular flexibility index (Phi) is 2.16. The molecule has 0 aliphatic heterocycles. The number of anilines is 1. The van der Waals surface area contributed by atoms with Crippen LogP contribution in [0.2, 0.25) is 0 Å². The van der Waals surface area contributed by atoms with Crippen LogP contribution < -0.4 is 4.72 Å². The second-order valence-electron chi connectivity index (χ2n) is 2.11. The fourth-order valence-electron chi connectivity index (χ4n) is 0.690. The molecule has 0 aromatic heterocycles. The molecule has 60 valence electrons. The molecule has 0 heterocycles. The molecule has 0 bridgehead atoms. The lowest BCUT2D eigenvalue weighted by molar-refractivity contribution is 0.566. The maximum atomic E-state index is 10.7. The van der Waals surface area contributed by atoms with Gasteiger partial charge in [-0.2, -0.15) is 0 Å². The lowest BCUT2D eigenvalue weighted by Crippen LogP contribution is -2.09. The molecule has 2 N–H and O–H groups in total. The van der Waals surface area contributed by atoms with E-state index in [0.29, 0.717) is 5.69 Å². The number of hydrogen-bond donors (Lipinski definition) is 2. The minimum Gasteiger partial charge on any atom is -0.299 e. The SMILES string of the molecule is C=S(=O)(O)Nc1ccccc1. The van der Waals surface area contributed by atoms with Gasteiger partial charge in [-0.1, -0.05) is 18.2 Å². The van der Waals surface area contributed by atoms with Gasteiger partial charge in [-0.05, 0) is 18.0 Å². The molecule has 0 aliphatic carbocycles. The van der Waals surface area contributed by atoms with E-state index in [1.54, 1.807) is 24.3 Å². The molecule has 0 amide bonds. The van der Waals surface area contributed by atoms with E-state index < -0.39 is 9.99 Å². The van der Waals surface area contributed by atoms with Crippen molar-refractivity contribution in [3.05, 3.63) is 30.3 Å². The summed E-state index contributed by atoms with van der Waals surface area (Å²) in [5.74, 6) is 3.04. The predicted octanol–water partition coefficient (Wildman–Crippen LogP) is 1.20. The van der Waals surface area contributed by atoms with Crippen LogP contribution in [0, 0.1) is 0 Å². The summed E-state index contributed by atoms with van der Waals surface area (Å²) >= 11 is 0. The van der Waals surface area contributed by atoms with Crippen LogP contribution in [0.1, 0.15) is 0 Å². The smallest absolute Gasteiger partial charge is 0.160 e. The summed E-state index contributed by atoms with van der Waals surface area (Å²) in [6.07, 6.45) is 0. The molecule has 1 rings (SSSR count). The van der Waals surface area contributed by atoms with Gasteiger partial charge < -0.3 is 0 Å². The standard InChI is InChI=1S/C7H9NO2S/c1-11(9,10)8-7-5-3-2-4-6-7/h2-6H,1H2,(H2,8,9,10). The number of para-hydroxylation sites is 1. The van der Waals surface area contributed by atoms with E-state index in [1.165, 1.54) is 0 Å². The molecule has 0 spiro atoms. The van der Waals surface area contributed by atoms with E-state index in [2.05, 4.69) is 10.6 Å². The Labute approximate surface area is 66.0 Å². The Bertz CT molecular complexity index is 318. The summed E-state index contributed by atoms with van der Waals surface area (Å²) in [5, 5.41) is 0. The van der Waals surface area contributed by atoms with E-state index in [1.807, 2.05) is 6.07 Å². The van der Waals surface area contributed by atoms with Crippen molar-refractivity contribution in [1.82, 2.24) is 0 Å². The quantitative estimate of drug-likeness (QED) is 0.657. The number of benzene rings is 1. The van der Waals surface area contributed by atoms with Crippen LogP contribution in [0.15, 0.2) is 30.3 Å². The lowest BCUT2D eigenvalue weighted by Gasteiger charge is -2.04. The maximum absolute atomic E-state index is 10.7. The van der Waals surface area contributed by atoms with Crippen LogP contribution >= 0.6 is 0 Å². The van der Waals surface area contributed by atoms with Gasteiger partial charge in [0.1, 0.15) is 0 Å². The van der Waals surface area contributed by atoms with Gasteiger partial charge in [-0.3, -0.25) is 9.27 Å². The first-order chi connectivity index (χ1) is 5.08. The van der Waals surface area contributed by atoms with E-state index in [4.69, 9.17) is 4.55 Å². The van der Waals surface area contributed by atoms with Crippen LogP contribution in [0.4, 0.5) is 5.69 Å². The minimum atomic E-state index is -3.13. The zero-order chi connectivity index (χ0) is 8.32. The van der Waals surface area contributed by atoms with Gasteiger partial charge in [-0.25, -0.2) is 4.21 Å². The Morgan fingerprint density at radius 1 is 1.36 bits per heavy atom. The van der Waals surface area contributed by atoms with Gasteiger partial charge in [0, 0.05) is 5.69 Å². The maximum Gasteiger partial charge on any atom is 0.160 e. The lowest BCUT2D eigenvalue weighted by atomic mass is 10.3. The Morgan fingerprint density at radius 2 is 1.91 bits per heavy atom. The van der Waals surface area contributed by atoms with E-state index in [9.17, 15) is 4.21 Å². The fourth-order valence-corrected chi connectivity index (χ4v) is 1.19. The molecule has 0 saturated heterocycles. The zero-order valence-electron chi connectivity index (χ0n) is 5.86. The predicted molar refractivity (Wildman–Crippen MR) is 48.0 cm³/mol. The Hall–Kier alpha value is -1.00. The fraction of sp³-hybridized carbons (Fsp3) is 0. The van der Waals surface area contributed by atoms with Crippen LogP contribution in [-0.2, 0) is 9.99 Å². The molecule has 1 unspecified atom stereocenters. The monoisotopic (exact) mass is 171 g/mol. The summed E-state index contributed by atoms with van der Waals surface area (Å²) in [5.41, 5.74) is 0.593. The van der Waals surface area contributed by atoms with E-state index in [0.717, 1.165) is 0 Å². The van der Waals surface area contributed by atoms with Gasteiger partial charge in [0.2, 0.25) is 0 Å². The molecule has 0 fully saturated rings. The van der Waals surface area contributed by atoms with Crippen molar-refractivity contribution >= 4 is 21.5 Å². The minimum absolute atomic E-state index is 0.593. The molecule has 1 aromatic carbocycles. The summed E-state index contributed by atoms with van der Waals surface area (Å²) < 4.78 is 21.8. The molecule has 0 radical (unpaired) electrons. The van der Waals surface area contributed by atoms with Crippen molar-refractivity contribution in [3.63, 3.8) is 0 Å². The van der Waals surface area contributed by atoms with Gasteiger partial charge in [0.15, 0.2) is 9.99 Å². The second-order valence-corrected chi connectivity index (χ2v) is 3.59. The van der Waals surface area contributed by atoms with Crippen molar-refractivity contribution in [1.29, 1.82) is 0 Å². The highest BCUT2D eigenvalue weighted by Gasteiger charge is 1.94. The highest BCUT2D eigenvalue weighted by atomic mass is 32.2. The van der Waals surface area contributed by atoms with Crippen LogP contribution in [0.5, 0.6) is 0 Å². The van der Waals surface area contributed by atoms with Crippen molar-refractivity contribution in [2.45, 2.75) is 0 Å². The molecule has 4 heteroatoms. The van der Waals surface area contributed by atoms with Crippen molar-refractivity contribution < 1.29 is 8.76 Å². The first kappa shape index (κ1) is 8.10. The van der Waals surface area contributed by atoms with Gasteiger partial charge in [0.05, 0.1) is 0 Å². The molecule has 11 heavy (non-hydrogen) atoms. The van der Waals surface area contributed by atoms with Crippen molar-refractivity contribution in [3.8, 4) is 0 Å². The van der Waals surface area contributed by atoms with Crippen LogP contribution in [0.3, 0.4) is 0 Å². The highest BCUT2D eigenvalue weighted by molar-refractivity contribution is 7.96. The highest BCUT2D eigenvalue weighted by Crippen LogP contribution is 2.05. The average Bonchev–Trinajstić information content (AvgIpc) is 1.85. The van der Waals surface area contributed by atoms with Gasteiger partial charge >= 0.3 is 0 Å². The second kappa shape index (κ2) is 2.94. The van der Waals surface area contributed by atoms with Crippen molar-refractivity contribution in [2.24, 2.45) is 0 Å². The molecule has 3 nitrogen and oxygen atoms in total. The number of rotatable bonds is 2. The first-order valence-electron chi connectivity index (χ1n) is 3.00. The largest absolute Gasteiger partial charge is 0.299 e. The number of hydrogen-bond acceptors (Lipinski definition) is 1. The van der Waals surface area contributed by atoms with Gasteiger partial charge in [-0.15, -0.1) is 0 Å². The molecule has 0 saturated carbocycles. The van der Waals surface area contributed by atoms with Crippen LogP contribution in [0.25, 0.3) is 0 Å². The summed E-state index contributed by atoms with van der Waals surface area (Å²) in [4.78, 5) is 0. The third-order valence-electron chi connectivity index (χ3n) is 1.05. The third kappa shape index (κ3) is 3.06. The summed E-state index contributed by atoms with van der Waals surface area (Å²) in [6, 6.07) is 8.76. The van der Waals surface area contributed by atoms with E-state index >= 15 is 0 Å². The molecule has 0 aliphatic rings. The van der Waals surface area contributed by atoms with Gasteiger partial charge in [0.25, 0.3) is 0 Å². The van der Waals surface area contributed by atoms with Crippen LogP contribution in [-0.4, -0.2) is 14.6 Å². The Morgan fingerprint density at radius 3 is 2.36 bits per heavy atom. The Balaban J connectivity index is 2.82. The summed E-state index contributed by atoms with van der Waals surface area (Å²) in [6.45, 7) is 0. The summed E-state index contributed by atoms with van der Waals surface area (Å²) in [7, 11) is -3.13. The molecular formula is C7H9NO2S. The molecule has 1 atom stereocenters. The topological polar surface area (TPSA) is 49.3 Å². The third-order valence-corrected chi connectivity index (χ3v) is 1.61. The van der Waals surface area contributed by atoms with E-state index in [-0.39, 0.29) is 0 Å². The number of nitrogens with one attached hydrogen (secondary N) is 1. The first-order valence-corrected chi connectivity index (χ1v) is 4.69.